The number of benzene rings is 2. The maximum absolute atomic E-state index is 14.3. The second-order valence-corrected chi connectivity index (χ2v) is 7.26. The van der Waals surface area contributed by atoms with Gasteiger partial charge in [0.25, 0.3) is 5.91 Å². The van der Waals surface area contributed by atoms with Gasteiger partial charge in [0.1, 0.15) is 12.2 Å². The van der Waals surface area contributed by atoms with E-state index in [2.05, 4.69) is 20.6 Å². The Labute approximate surface area is 206 Å². The van der Waals surface area contributed by atoms with Crippen LogP contribution in [0.3, 0.4) is 0 Å². The number of rotatable bonds is 8. The molecular weight excluding hydrogens is 445 g/mol. The average molecular weight is 478 g/mol. The summed E-state index contributed by atoms with van der Waals surface area (Å²) in [5.74, 6) is -1.21. The van der Waals surface area contributed by atoms with Crippen molar-refractivity contribution in [2.45, 2.75) is 27.7 Å². The molecule has 0 unspecified atom stereocenters. The van der Waals surface area contributed by atoms with Crippen LogP contribution < -0.4 is 5.32 Å². The van der Waals surface area contributed by atoms with E-state index >= 15 is 0 Å². The third-order valence-electron chi connectivity index (χ3n) is 4.95. The third kappa shape index (κ3) is 7.20. The van der Waals surface area contributed by atoms with Crippen LogP contribution in [0.4, 0.5) is 10.1 Å². The maximum atomic E-state index is 14.3. The Morgan fingerprint density at radius 1 is 1.17 bits per heavy atom. The van der Waals surface area contributed by atoms with Crippen molar-refractivity contribution in [3.63, 3.8) is 0 Å². The molecule has 2 aromatic carbocycles. The molecule has 1 heterocycles. The molecule has 1 N–H and O–H groups in total. The molecule has 8 heteroatoms. The maximum Gasteiger partial charge on any atom is 0.262 e. The van der Waals surface area contributed by atoms with E-state index < -0.39 is 11.9 Å². The molecule has 0 aliphatic heterocycles. The molecule has 1 amide bonds. The molecule has 35 heavy (non-hydrogen) atoms. The lowest BCUT2D eigenvalue weighted by Gasteiger charge is -2.11. The summed E-state index contributed by atoms with van der Waals surface area (Å²) in [6.07, 6.45) is 5.27. The summed E-state index contributed by atoms with van der Waals surface area (Å²) in [5, 5.41) is 10.8. The monoisotopic (exact) mass is 477 g/mol. The quantitative estimate of drug-likeness (QED) is 0.328. The van der Waals surface area contributed by atoms with Crippen LogP contribution >= 0.6 is 0 Å². The normalized spacial score (nSPS) is 11.5. The molecule has 0 aliphatic rings. The number of aromatic nitrogens is 2. The number of nitrogens with one attached hydrogen (secondary N) is 1. The van der Waals surface area contributed by atoms with Crippen molar-refractivity contribution >= 4 is 24.0 Å². The minimum absolute atomic E-state index is 0.0647. The molecule has 3 aromatic rings. The number of hydrogen-bond donors (Lipinski definition) is 1. The number of aryl methyl sites for hydroxylation is 2. The smallest absolute Gasteiger partial charge is 0.262 e. The van der Waals surface area contributed by atoms with Crippen molar-refractivity contribution in [2.24, 2.45) is 17.2 Å². The highest BCUT2D eigenvalue weighted by Crippen LogP contribution is 2.28. The Kier molecular flexibility index (Phi) is 10.6. The van der Waals surface area contributed by atoms with E-state index in [1.807, 2.05) is 69.3 Å². The third-order valence-corrected chi connectivity index (χ3v) is 4.95. The van der Waals surface area contributed by atoms with Gasteiger partial charge in [-0.2, -0.15) is 9.49 Å². The van der Waals surface area contributed by atoms with Gasteiger partial charge in [-0.25, -0.2) is 4.68 Å². The summed E-state index contributed by atoms with van der Waals surface area (Å²) < 4.78 is 15.3. The Balaban J connectivity index is 0.00000210. The van der Waals surface area contributed by atoms with Crippen molar-refractivity contribution in [3.05, 3.63) is 82.9 Å². The van der Waals surface area contributed by atoms with Gasteiger partial charge >= 0.3 is 0 Å². The SMILES string of the molecule is C/C=C(\C=NC)CO/N=C/c1ccc(-c2ccccc2NC(=O)c2c(C)nn(C)c2F)cc1.CC. The first-order valence-corrected chi connectivity index (χ1v) is 11.4. The molecule has 0 bridgehead atoms. The van der Waals surface area contributed by atoms with Crippen molar-refractivity contribution < 1.29 is 14.0 Å². The summed E-state index contributed by atoms with van der Waals surface area (Å²) in [7, 11) is 3.16. The number of carbonyl (C=O) groups is 1. The van der Waals surface area contributed by atoms with E-state index in [1.165, 1.54) is 7.05 Å². The minimum atomic E-state index is -0.670. The second-order valence-electron chi connectivity index (χ2n) is 7.26. The van der Waals surface area contributed by atoms with Crippen LogP contribution in [-0.4, -0.2) is 41.8 Å². The van der Waals surface area contributed by atoms with Gasteiger partial charge in [0.15, 0.2) is 0 Å². The number of hydrogen-bond acceptors (Lipinski definition) is 5. The molecule has 7 nitrogen and oxygen atoms in total. The van der Waals surface area contributed by atoms with Gasteiger partial charge in [-0.05, 0) is 31.0 Å². The fraction of sp³-hybridized carbons (Fsp3) is 0.259. The fourth-order valence-electron chi connectivity index (χ4n) is 3.24. The van der Waals surface area contributed by atoms with Crippen molar-refractivity contribution in [3.8, 4) is 11.1 Å². The molecule has 0 fully saturated rings. The topological polar surface area (TPSA) is 80.9 Å². The predicted molar refractivity (Wildman–Crippen MR) is 141 cm³/mol. The van der Waals surface area contributed by atoms with Crippen molar-refractivity contribution in [1.29, 1.82) is 0 Å². The summed E-state index contributed by atoms with van der Waals surface area (Å²) in [6.45, 7) is 7.86. The average Bonchev–Trinajstić information content (AvgIpc) is 3.13. The van der Waals surface area contributed by atoms with Crippen LogP contribution in [0.5, 0.6) is 0 Å². The highest BCUT2D eigenvalue weighted by molar-refractivity contribution is 6.07. The Morgan fingerprint density at radius 3 is 2.46 bits per heavy atom. The highest BCUT2D eigenvalue weighted by Gasteiger charge is 2.21. The largest absolute Gasteiger partial charge is 0.391 e. The highest BCUT2D eigenvalue weighted by atomic mass is 19.1. The van der Waals surface area contributed by atoms with E-state index in [0.29, 0.717) is 18.0 Å². The fourth-order valence-corrected chi connectivity index (χ4v) is 3.24. The van der Waals surface area contributed by atoms with Gasteiger partial charge in [0.05, 0.1) is 11.9 Å². The zero-order chi connectivity index (χ0) is 25.8. The zero-order valence-electron chi connectivity index (χ0n) is 21.0. The number of oxime groups is 1. The van der Waals surface area contributed by atoms with Gasteiger partial charge < -0.3 is 10.2 Å². The molecule has 184 valence electrons. The molecule has 0 saturated carbocycles. The molecular formula is C27H32FN5O2. The zero-order valence-corrected chi connectivity index (χ0v) is 21.0. The summed E-state index contributed by atoms with van der Waals surface area (Å²) in [4.78, 5) is 22.0. The van der Waals surface area contributed by atoms with E-state index in [-0.39, 0.29) is 5.56 Å². The van der Waals surface area contributed by atoms with E-state index in [1.54, 1.807) is 32.5 Å². The minimum Gasteiger partial charge on any atom is -0.391 e. The van der Waals surface area contributed by atoms with Crippen molar-refractivity contribution in [1.82, 2.24) is 9.78 Å². The Bertz CT molecular complexity index is 1210. The number of amides is 1. The second kappa shape index (κ2) is 13.6. The molecule has 1 aromatic heterocycles. The summed E-state index contributed by atoms with van der Waals surface area (Å²) in [6, 6.07) is 15.0. The van der Waals surface area contributed by atoms with Gasteiger partial charge in [0.2, 0.25) is 5.95 Å². The number of aliphatic imine (C=N–C) groups is 1. The van der Waals surface area contributed by atoms with Crippen LogP contribution in [0, 0.1) is 12.9 Å². The lowest BCUT2D eigenvalue weighted by atomic mass is 10.0. The van der Waals surface area contributed by atoms with Crippen LogP contribution in [0.15, 0.2) is 70.3 Å². The molecule has 0 atom stereocenters. The van der Waals surface area contributed by atoms with Gasteiger partial charge in [-0.3, -0.25) is 9.79 Å². The first kappa shape index (κ1) is 27.2. The lowest BCUT2D eigenvalue weighted by Crippen LogP contribution is -2.15. The lowest BCUT2D eigenvalue weighted by molar-refractivity contribution is 0.102. The van der Waals surface area contributed by atoms with Gasteiger partial charge in [0, 0.05) is 37.1 Å². The van der Waals surface area contributed by atoms with Gasteiger partial charge in [-0.15, -0.1) is 0 Å². The molecule has 0 aliphatic carbocycles. The van der Waals surface area contributed by atoms with Crippen LogP contribution in [0.2, 0.25) is 0 Å². The Morgan fingerprint density at radius 2 is 1.86 bits per heavy atom. The molecule has 0 spiro atoms. The number of para-hydroxylation sites is 1. The number of allylic oxidation sites excluding steroid dienone is 1. The van der Waals surface area contributed by atoms with E-state index in [4.69, 9.17) is 4.84 Å². The number of nitrogens with zero attached hydrogens (tertiary/aromatic N) is 4. The summed E-state index contributed by atoms with van der Waals surface area (Å²) in [5.41, 5.74) is 4.34. The number of halogens is 1. The number of carbonyl (C=O) groups excluding carboxylic acids is 1. The van der Waals surface area contributed by atoms with Gasteiger partial charge in [-0.1, -0.05) is 67.5 Å². The standard InChI is InChI=1S/C25H26FN5O2.C2H6/c1-5-18(14-27-3)16-33-28-15-19-10-12-20(13-11-19)21-8-6-7-9-22(21)29-25(32)23-17(2)30-31(4)24(23)26;1-2/h5-15H,16H2,1-4H3,(H,29,32);1-2H3/b18-5+,27-14?,28-15+;. The first-order valence-electron chi connectivity index (χ1n) is 11.4. The predicted octanol–water partition coefficient (Wildman–Crippen LogP) is 5.81. The van der Waals surface area contributed by atoms with Crippen LogP contribution in [0.1, 0.15) is 42.4 Å². The summed E-state index contributed by atoms with van der Waals surface area (Å²) >= 11 is 0. The Hall–Kier alpha value is -4.07. The number of anilines is 1. The van der Waals surface area contributed by atoms with E-state index in [9.17, 15) is 9.18 Å². The van der Waals surface area contributed by atoms with Crippen molar-refractivity contribution in [2.75, 3.05) is 19.0 Å². The van der Waals surface area contributed by atoms with E-state index in [0.717, 1.165) is 26.9 Å². The van der Waals surface area contributed by atoms with Crippen LogP contribution in [-0.2, 0) is 11.9 Å². The first-order chi connectivity index (χ1) is 16.9. The van der Waals surface area contributed by atoms with Crippen LogP contribution in [0.25, 0.3) is 11.1 Å². The molecule has 3 rings (SSSR count). The molecule has 0 saturated heterocycles. The molecule has 0 radical (unpaired) electrons.